The van der Waals surface area contributed by atoms with Gasteiger partial charge < -0.3 is 14.4 Å². The molecule has 1 fully saturated rings. The highest BCUT2D eigenvalue weighted by Gasteiger charge is 2.25. The third kappa shape index (κ3) is 4.06. The molecule has 144 valence electrons. The number of carbonyl (C=O) groups excluding carboxylic acids is 1. The molecule has 28 heavy (non-hydrogen) atoms. The minimum Gasteiger partial charge on any atom is -0.353 e. The van der Waals surface area contributed by atoms with Crippen molar-refractivity contribution in [1.29, 1.82) is 0 Å². The van der Waals surface area contributed by atoms with Crippen LogP contribution in [0.15, 0.2) is 73.2 Å². The van der Waals surface area contributed by atoms with Gasteiger partial charge in [-0.1, -0.05) is 18.2 Å². The van der Waals surface area contributed by atoms with Gasteiger partial charge in [0.25, 0.3) is 0 Å². The largest absolute Gasteiger partial charge is 0.353 e. The Morgan fingerprint density at radius 2 is 1.79 bits per heavy atom. The van der Waals surface area contributed by atoms with Crippen LogP contribution < -0.4 is 4.90 Å². The third-order valence-electron chi connectivity index (χ3n) is 5.19. The van der Waals surface area contributed by atoms with Gasteiger partial charge in [0, 0.05) is 44.8 Å². The van der Waals surface area contributed by atoms with Gasteiger partial charge in [0.15, 0.2) is 0 Å². The predicted octanol–water partition coefficient (Wildman–Crippen LogP) is 3.35. The number of rotatable bonds is 5. The maximum absolute atomic E-state index is 13.7. The SMILES string of the molecule is O=C(CC(c1cccc(F)c1)n1cccc1)N1CCN(c2ccccn2)CC1. The Kier molecular flexibility index (Phi) is 5.37. The Labute approximate surface area is 164 Å². The molecule has 4 rings (SSSR count). The summed E-state index contributed by atoms with van der Waals surface area (Å²) in [6, 6.07) is 16.0. The number of halogens is 1. The van der Waals surface area contributed by atoms with Gasteiger partial charge in [-0.25, -0.2) is 9.37 Å². The topological polar surface area (TPSA) is 41.4 Å². The first-order chi connectivity index (χ1) is 13.7. The van der Waals surface area contributed by atoms with E-state index in [0.717, 1.165) is 24.5 Å². The summed E-state index contributed by atoms with van der Waals surface area (Å²) in [5, 5.41) is 0. The Hall–Kier alpha value is -3.15. The molecule has 2 aromatic heterocycles. The van der Waals surface area contributed by atoms with Gasteiger partial charge in [0.05, 0.1) is 12.5 Å². The quantitative estimate of drug-likeness (QED) is 0.684. The van der Waals surface area contributed by atoms with Crippen molar-refractivity contribution in [2.24, 2.45) is 0 Å². The number of amides is 1. The van der Waals surface area contributed by atoms with Gasteiger partial charge in [-0.05, 0) is 42.0 Å². The number of anilines is 1. The van der Waals surface area contributed by atoms with Crippen molar-refractivity contribution in [2.45, 2.75) is 12.5 Å². The molecule has 3 heterocycles. The summed E-state index contributed by atoms with van der Waals surface area (Å²) in [7, 11) is 0. The highest BCUT2D eigenvalue weighted by molar-refractivity contribution is 5.77. The zero-order valence-electron chi connectivity index (χ0n) is 15.6. The molecule has 1 unspecified atom stereocenters. The minimum atomic E-state index is -0.286. The van der Waals surface area contributed by atoms with E-state index in [1.165, 1.54) is 12.1 Å². The van der Waals surface area contributed by atoms with E-state index < -0.39 is 0 Å². The summed E-state index contributed by atoms with van der Waals surface area (Å²) in [6.45, 7) is 2.85. The van der Waals surface area contributed by atoms with Gasteiger partial charge in [0.1, 0.15) is 11.6 Å². The number of benzene rings is 1. The van der Waals surface area contributed by atoms with E-state index in [0.29, 0.717) is 19.5 Å². The second-order valence-corrected chi connectivity index (χ2v) is 6.96. The number of piperazine rings is 1. The first-order valence-electron chi connectivity index (χ1n) is 9.52. The molecular weight excluding hydrogens is 355 g/mol. The zero-order valence-corrected chi connectivity index (χ0v) is 15.6. The van der Waals surface area contributed by atoms with Crippen molar-refractivity contribution in [3.05, 3.63) is 84.6 Å². The van der Waals surface area contributed by atoms with Crippen LogP contribution >= 0.6 is 0 Å². The van der Waals surface area contributed by atoms with E-state index in [4.69, 9.17) is 0 Å². The fourth-order valence-electron chi connectivity index (χ4n) is 3.69. The van der Waals surface area contributed by atoms with Crippen molar-refractivity contribution in [2.75, 3.05) is 31.1 Å². The lowest BCUT2D eigenvalue weighted by atomic mass is 10.0. The van der Waals surface area contributed by atoms with Crippen molar-refractivity contribution >= 4 is 11.7 Å². The van der Waals surface area contributed by atoms with E-state index in [1.807, 2.05) is 58.3 Å². The van der Waals surface area contributed by atoms with Crippen LogP contribution in [0.5, 0.6) is 0 Å². The normalized spacial score (nSPS) is 15.5. The van der Waals surface area contributed by atoms with Crippen LogP contribution in [-0.4, -0.2) is 46.5 Å². The minimum absolute atomic E-state index is 0.0867. The van der Waals surface area contributed by atoms with Crippen LogP contribution in [-0.2, 0) is 4.79 Å². The second kappa shape index (κ2) is 8.25. The van der Waals surface area contributed by atoms with Gasteiger partial charge in [-0.15, -0.1) is 0 Å². The van der Waals surface area contributed by atoms with E-state index in [1.54, 1.807) is 12.3 Å². The number of hydrogen-bond acceptors (Lipinski definition) is 3. The van der Waals surface area contributed by atoms with Gasteiger partial charge in [-0.3, -0.25) is 4.79 Å². The van der Waals surface area contributed by atoms with E-state index >= 15 is 0 Å². The number of carbonyl (C=O) groups is 1. The summed E-state index contributed by atoms with van der Waals surface area (Å²) < 4.78 is 15.7. The highest BCUT2D eigenvalue weighted by Crippen LogP contribution is 2.24. The number of pyridine rings is 1. The summed E-state index contributed by atoms with van der Waals surface area (Å²) in [5.41, 5.74) is 0.802. The Balaban J connectivity index is 1.44. The van der Waals surface area contributed by atoms with E-state index in [2.05, 4.69) is 9.88 Å². The molecule has 6 heteroatoms. The van der Waals surface area contributed by atoms with E-state index in [9.17, 15) is 9.18 Å². The maximum atomic E-state index is 13.7. The predicted molar refractivity (Wildman–Crippen MR) is 107 cm³/mol. The molecule has 0 spiro atoms. The first kappa shape index (κ1) is 18.2. The lowest BCUT2D eigenvalue weighted by Crippen LogP contribution is -2.49. The molecule has 0 radical (unpaired) electrons. The monoisotopic (exact) mass is 378 g/mol. The molecular formula is C22H23FN4O. The van der Waals surface area contributed by atoms with Crippen molar-refractivity contribution in [1.82, 2.24) is 14.5 Å². The molecule has 5 nitrogen and oxygen atoms in total. The molecule has 1 saturated heterocycles. The standard InChI is InChI=1S/C22H23FN4O/c23-19-7-5-6-18(16-19)20(25-10-3-4-11-25)17-22(28)27-14-12-26(13-15-27)21-8-1-2-9-24-21/h1-11,16,20H,12-15,17H2. The molecule has 1 aliphatic rings. The van der Waals surface area contributed by atoms with Crippen LogP contribution in [0.4, 0.5) is 10.2 Å². The average Bonchev–Trinajstić information content (AvgIpc) is 3.27. The van der Waals surface area contributed by atoms with Crippen molar-refractivity contribution in [3.63, 3.8) is 0 Å². The summed E-state index contributed by atoms with van der Waals surface area (Å²) in [5.74, 6) is 0.745. The van der Waals surface area contributed by atoms with Crippen LogP contribution in [0.1, 0.15) is 18.0 Å². The van der Waals surface area contributed by atoms with Gasteiger partial charge in [-0.2, -0.15) is 0 Å². The van der Waals surface area contributed by atoms with Crippen LogP contribution in [0.3, 0.4) is 0 Å². The molecule has 3 aromatic rings. The molecule has 1 aromatic carbocycles. The zero-order chi connectivity index (χ0) is 19.3. The molecule has 0 bridgehead atoms. The average molecular weight is 378 g/mol. The Morgan fingerprint density at radius 3 is 2.46 bits per heavy atom. The number of hydrogen-bond donors (Lipinski definition) is 0. The fraction of sp³-hybridized carbons (Fsp3) is 0.273. The lowest BCUT2D eigenvalue weighted by Gasteiger charge is -2.36. The fourth-order valence-corrected chi connectivity index (χ4v) is 3.69. The van der Waals surface area contributed by atoms with Gasteiger partial charge >= 0.3 is 0 Å². The van der Waals surface area contributed by atoms with Gasteiger partial charge in [0.2, 0.25) is 5.91 Å². The highest BCUT2D eigenvalue weighted by atomic mass is 19.1. The number of nitrogens with zero attached hydrogens (tertiary/aromatic N) is 4. The maximum Gasteiger partial charge on any atom is 0.225 e. The van der Waals surface area contributed by atoms with Crippen molar-refractivity contribution < 1.29 is 9.18 Å². The Morgan fingerprint density at radius 1 is 1.00 bits per heavy atom. The smallest absolute Gasteiger partial charge is 0.225 e. The number of aromatic nitrogens is 2. The summed E-state index contributed by atoms with van der Waals surface area (Å²) >= 11 is 0. The van der Waals surface area contributed by atoms with Crippen molar-refractivity contribution in [3.8, 4) is 0 Å². The van der Waals surface area contributed by atoms with Crippen LogP contribution in [0.25, 0.3) is 0 Å². The summed E-state index contributed by atoms with van der Waals surface area (Å²) in [6.07, 6.45) is 5.93. The van der Waals surface area contributed by atoms with Crippen LogP contribution in [0.2, 0.25) is 0 Å². The summed E-state index contributed by atoms with van der Waals surface area (Å²) in [4.78, 5) is 21.5. The molecule has 1 aliphatic heterocycles. The first-order valence-corrected chi connectivity index (χ1v) is 9.52. The Bertz CT molecular complexity index is 905. The molecule has 0 aliphatic carbocycles. The molecule has 0 N–H and O–H groups in total. The molecule has 1 atom stereocenters. The third-order valence-corrected chi connectivity index (χ3v) is 5.19. The van der Waals surface area contributed by atoms with E-state index in [-0.39, 0.29) is 17.8 Å². The molecule has 1 amide bonds. The second-order valence-electron chi connectivity index (χ2n) is 6.96. The lowest BCUT2D eigenvalue weighted by molar-refractivity contribution is -0.132. The van der Waals surface area contributed by atoms with Crippen LogP contribution in [0, 0.1) is 5.82 Å². The molecule has 0 saturated carbocycles.